The van der Waals surface area contributed by atoms with Crippen LogP contribution in [0, 0.1) is 5.41 Å². The van der Waals surface area contributed by atoms with Gasteiger partial charge in [-0.3, -0.25) is 0 Å². The second-order valence-corrected chi connectivity index (χ2v) is 6.76. The maximum atomic E-state index is 6.27. The van der Waals surface area contributed by atoms with Crippen LogP contribution < -0.4 is 10.2 Å². The summed E-state index contributed by atoms with van der Waals surface area (Å²) in [6, 6.07) is 6.11. The highest BCUT2D eigenvalue weighted by molar-refractivity contribution is 6.35. The van der Waals surface area contributed by atoms with Gasteiger partial charge in [-0.15, -0.1) is 0 Å². The van der Waals surface area contributed by atoms with Gasteiger partial charge in [0.1, 0.15) is 0 Å². The zero-order chi connectivity index (χ0) is 13.3. The van der Waals surface area contributed by atoms with Crippen LogP contribution in [0.25, 0.3) is 0 Å². The van der Waals surface area contributed by atoms with E-state index in [2.05, 4.69) is 31.0 Å². The second kappa shape index (κ2) is 5.28. The van der Waals surface area contributed by atoms with Crippen molar-refractivity contribution >= 4 is 28.9 Å². The van der Waals surface area contributed by atoms with Crippen LogP contribution in [0.4, 0.5) is 5.69 Å². The summed E-state index contributed by atoms with van der Waals surface area (Å²) in [7, 11) is 0. The van der Waals surface area contributed by atoms with Crippen molar-refractivity contribution in [1.82, 2.24) is 5.32 Å². The molecule has 100 valence electrons. The molecular weight excluding hydrogens is 267 g/mol. The Balaban J connectivity index is 2.21. The average molecular weight is 287 g/mol. The number of piperazine rings is 1. The minimum absolute atomic E-state index is 0.240. The lowest BCUT2D eigenvalue weighted by atomic mass is 9.85. The molecule has 1 atom stereocenters. The number of anilines is 1. The smallest absolute Gasteiger partial charge is 0.0640 e. The molecule has 0 aliphatic carbocycles. The Kier molecular flexibility index (Phi) is 4.10. The topological polar surface area (TPSA) is 15.3 Å². The fourth-order valence-electron chi connectivity index (χ4n) is 2.28. The summed E-state index contributed by atoms with van der Waals surface area (Å²) in [4.78, 5) is 2.32. The molecular formula is C14H20Cl2N2. The molecule has 1 aliphatic rings. The Bertz CT molecular complexity index is 426. The Hall–Kier alpha value is -0.440. The van der Waals surface area contributed by atoms with E-state index in [1.165, 1.54) is 0 Å². The molecule has 0 radical (unpaired) electrons. The van der Waals surface area contributed by atoms with Gasteiger partial charge in [0.2, 0.25) is 0 Å². The number of rotatable bonds is 1. The zero-order valence-electron chi connectivity index (χ0n) is 11.1. The maximum Gasteiger partial charge on any atom is 0.0640 e. The van der Waals surface area contributed by atoms with Crippen LogP contribution in [0.1, 0.15) is 20.8 Å². The molecule has 1 saturated heterocycles. The summed E-state index contributed by atoms with van der Waals surface area (Å²) in [5.74, 6) is 0. The van der Waals surface area contributed by atoms with Crippen molar-refractivity contribution in [3.63, 3.8) is 0 Å². The Morgan fingerprint density at radius 1 is 1.28 bits per heavy atom. The third-order valence-electron chi connectivity index (χ3n) is 3.47. The van der Waals surface area contributed by atoms with Gasteiger partial charge < -0.3 is 10.2 Å². The lowest BCUT2D eigenvalue weighted by Crippen LogP contribution is -2.56. The van der Waals surface area contributed by atoms with Gasteiger partial charge in [-0.1, -0.05) is 44.0 Å². The first-order valence-corrected chi connectivity index (χ1v) is 7.07. The van der Waals surface area contributed by atoms with Crippen LogP contribution in [-0.2, 0) is 0 Å². The van der Waals surface area contributed by atoms with E-state index in [4.69, 9.17) is 23.2 Å². The lowest BCUT2D eigenvalue weighted by molar-refractivity contribution is 0.254. The highest BCUT2D eigenvalue weighted by Gasteiger charge is 2.29. The summed E-state index contributed by atoms with van der Waals surface area (Å²) in [5.41, 5.74) is 1.28. The molecule has 0 amide bonds. The third-order valence-corrected chi connectivity index (χ3v) is 4.02. The number of hydrogen-bond donors (Lipinski definition) is 1. The summed E-state index contributed by atoms with van der Waals surface area (Å²) < 4.78 is 0. The molecule has 4 heteroatoms. The molecule has 1 fully saturated rings. The molecule has 2 rings (SSSR count). The molecule has 1 unspecified atom stereocenters. The monoisotopic (exact) mass is 286 g/mol. The Labute approximate surface area is 119 Å². The zero-order valence-corrected chi connectivity index (χ0v) is 12.6. The van der Waals surface area contributed by atoms with Gasteiger partial charge in [0.15, 0.2) is 0 Å². The van der Waals surface area contributed by atoms with E-state index in [0.717, 1.165) is 35.4 Å². The number of nitrogens with zero attached hydrogens (tertiary/aromatic N) is 1. The highest BCUT2D eigenvalue weighted by Crippen LogP contribution is 2.31. The fraction of sp³-hybridized carbons (Fsp3) is 0.571. The van der Waals surface area contributed by atoms with E-state index >= 15 is 0 Å². The molecule has 2 nitrogen and oxygen atoms in total. The molecule has 1 aromatic rings. The standard InChI is InChI=1S/C14H20Cl2N2/c1-14(2,3)13-9-18(7-6-17-13)12-8-10(15)4-5-11(12)16/h4-5,8,13,17H,6-7,9H2,1-3H3. The van der Waals surface area contributed by atoms with Crippen molar-refractivity contribution in [1.29, 1.82) is 0 Å². The SMILES string of the molecule is CC(C)(C)C1CN(c2cc(Cl)ccc2Cl)CCN1. The second-order valence-electron chi connectivity index (χ2n) is 5.91. The van der Waals surface area contributed by atoms with Crippen molar-refractivity contribution in [3.05, 3.63) is 28.2 Å². The molecule has 1 aliphatic heterocycles. The normalized spacial score (nSPS) is 21.2. The molecule has 0 aromatic heterocycles. The molecule has 0 saturated carbocycles. The highest BCUT2D eigenvalue weighted by atomic mass is 35.5. The first-order chi connectivity index (χ1) is 8.38. The van der Waals surface area contributed by atoms with Crippen molar-refractivity contribution in [2.24, 2.45) is 5.41 Å². The van der Waals surface area contributed by atoms with Crippen LogP contribution in [0.3, 0.4) is 0 Å². The van der Waals surface area contributed by atoms with Gasteiger partial charge in [0.05, 0.1) is 10.7 Å². The minimum atomic E-state index is 0.240. The summed E-state index contributed by atoms with van der Waals surface area (Å²) in [5, 5.41) is 5.08. The largest absolute Gasteiger partial charge is 0.367 e. The number of halogens is 2. The minimum Gasteiger partial charge on any atom is -0.367 e. The molecule has 1 heterocycles. The summed E-state index contributed by atoms with van der Waals surface area (Å²) in [6.07, 6.45) is 0. The summed E-state index contributed by atoms with van der Waals surface area (Å²) >= 11 is 12.3. The van der Waals surface area contributed by atoms with Crippen LogP contribution >= 0.6 is 23.2 Å². The quantitative estimate of drug-likeness (QED) is 0.844. The van der Waals surface area contributed by atoms with E-state index in [1.807, 2.05) is 18.2 Å². The van der Waals surface area contributed by atoms with Gasteiger partial charge >= 0.3 is 0 Å². The predicted molar refractivity (Wildman–Crippen MR) is 79.9 cm³/mol. The van der Waals surface area contributed by atoms with E-state index in [0.29, 0.717) is 6.04 Å². The maximum absolute atomic E-state index is 6.27. The Morgan fingerprint density at radius 2 is 2.00 bits per heavy atom. The van der Waals surface area contributed by atoms with E-state index in [1.54, 1.807) is 0 Å². The number of benzene rings is 1. The van der Waals surface area contributed by atoms with Gasteiger partial charge in [-0.2, -0.15) is 0 Å². The predicted octanol–water partition coefficient (Wildman–Crippen LogP) is 3.82. The van der Waals surface area contributed by atoms with Crippen LogP contribution in [0.5, 0.6) is 0 Å². The van der Waals surface area contributed by atoms with Crippen LogP contribution in [0.15, 0.2) is 18.2 Å². The van der Waals surface area contributed by atoms with Gasteiger partial charge in [0, 0.05) is 30.7 Å². The van der Waals surface area contributed by atoms with Gasteiger partial charge in [-0.05, 0) is 23.6 Å². The summed E-state index contributed by atoms with van der Waals surface area (Å²) in [6.45, 7) is 9.68. The van der Waals surface area contributed by atoms with Crippen LogP contribution in [0.2, 0.25) is 10.0 Å². The van der Waals surface area contributed by atoms with Crippen molar-refractivity contribution < 1.29 is 0 Å². The molecule has 0 spiro atoms. The van der Waals surface area contributed by atoms with E-state index in [-0.39, 0.29) is 5.41 Å². The van der Waals surface area contributed by atoms with Crippen molar-refractivity contribution in [2.75, 3.05) is 24.5 Å². The first-order valence-electron chi connectivity index (χ1n) is 6.31. The third kappa shape index (κ3) is 3.11. The molecule has 1 N–H and O–H groups in total. The van der Waals surface area contributed by atoms with E-state index < -0.39 is 0 Å². The van der Waals surface area contributed by atoms with E-state index in [9.17, 15) is 0 Å². The molecule has 1 aromatic carbocycles. The number of hydrogen-bond acceptors (Lipinski definition) is 2. The van der Waals surface area contributed by atoms with Gasteiger partial charge in [-0.25, -0.2) is 0 Å². The van der Waals surface area contributed by atoms with Crippen molar-refractivity contribution in [2.45, 2.75) is 26.8 Å². The van der Waals surface area contributed by atoms with Crippen LogP contribution in [-0.4, -0.2) is 25.7 Å². The van der Waals surface area contributed by atoms with Crippen molar-refractivity contribution in [3.8, 4) is 0 Å². The molecule has 0 bridgehead atoms. The fourth-order valence-corrected chi connectivity index (χ4v) is 2.68. The van der Waals surface area contributed by atoms with Gasteiger partial charge in [0.25, 0.3) is 0 Å². The lowest BCUT2D eigenvalue weighted by Gasteiger charge is -2.41. The molecule has 18 heavy (non-hydrogen) atoms. The Morgan fingerprint density at radius 3 is 2.67 bits per heavy atom. The first kappa shape index (κ1) is 14.0. The number of nitrogens with one attached hydrogen (secondary N) is 1. The average Bonchev–Trinajstić information content (AvgIpc) is 2.31.